The normalized spacial score (nSPS) is 10.5. The SMILES string of the molecule is CNc1nc(NCCc2csc(C)n2)c(F)cc1F. The molecule has 2 heterocycles. The molecular formula is C12H14F2N4S. The van der Waals surface area contributed by atoms with Crippen molar-refractivity contribution in [2.45, 2.75) is 13.3 Å². The lowest BCUT2D eigenvalue weighted by Gasteiger charge is -2.08. The topological polar surface area (TPSA) is 49.8 Å². The zero-order chi connectivity index (χ0) is 13.8. The lowest BCUT2D eigenvalue weighted by atomic mass is 10.3. The van der Waals surface area contributed by atoms with Crippen LogP contribution in [0.2, 0.25) is 0 Å². The molecule has 19 heavy (non-hydrogen) atoms. The molecule has 0 aliphatic heterocycles. The van der Waals surface area contributed by atoms with Crippen LogP contribution in [0.1, 0.15) is 10.7 Å². The van der Waals surface area contributed by atoms with Crippen molar-refractivity contribution in [2.24, 2.45) is 0 Å². The van der Waals surface area contributed by atoms with Crippen molar-refractivity contribution in [1.29, 1.82) is 0 Å². The molecule has 0 spiro atoms. The van der Waals surface area contributed by atoms with Crippen molar-refractivity contribution in [3.8, 4) is 0 Å². The summed E-state index contributed by atoms with van der Waals surface area (Å²) in [5.41, 5.74) is 0.950. The number of anilines is 2. The quantitative estimate of drug-likeness (QED) is 0.886. The predicted molar refractivity (Wildman–Crippen MR) is 72.7 cm³/mol. The van der Waals surface area contributed by atoms with Gasteiger partial charge in [-0.1, -0.05) is 0 Å². The van der Waals surface area contributed by atoms with Crippen molar-refractivity contribution in [1.82, 2.24) is 9.97 Å². The number of halogens is 2. The molecular weight excluding hydrogens is 270 g/mol. The Hall–Kier alpha value is -1.76. The minimum absolute atomic E-state index is 0.0217. The van der Waals surface area contributed by atoms with Crippen LogP contribution in [0.4, 0.5) is 20.4 Å². The molecule has 2 rings (SSSR count). The van der Waals surface area contributed by atoms with E-state index in [2.05, 4.69) is 20.6 Å². The molecule has 0 fully saturated rings. The van der Waals surface area contributed by atoms with Gasteiger partial charge in [0.2, 0.25) is 0 Å². The fraction of sp³-hybridized carbons (Fsp3) is 0.333. The molecule has 0 unspecified atom stereocenters. The van der Waals surface area contributed by atoms with E-state index in [1.165, 1.54) is 7.05 Å². The van der Waals surface area contributed by atoms with Crippen LogP contribution in [0.3, 0.4) is 0 Å². The Balaban J connectivity index is 1.99. The molecule has 0 bridgehead atoms. The maximum Gasteiger partial charge on any atom is 0.168 e. The van der Waals surface area contributed by atoms with Crippen LogP contribution < -0.4 is 10.6 Å². The van der Waals surface area contributed by atoms with Crippen LogP contribution in [-0.2, 0) is 6.42 Å². The van der Waals surface area contributed by atoms with E-state index < -0.39 is 11.6 Å². The minimum atomic E-state index is -0.708. The number of nitrogens with zero attached hydrogens (tertiary/aromatic N) is 2. The summed E-state index contributed by atoms with van der Waals surface area (Å²) in [7, 11) is 1.53. The summed E-state index contributed by atoms with van der Waals surface area (Å²) in [4.78, 5) is 8.14. The van der Waals surface area contributed by atoms with E-state index in [1.54, 1.807) is 11.3 Å². The third-order valence-electron chi connectivity index (χ3n) is 2.51. The molecule has 0 radical (unpaired) electrons. The van der Waals surface area contributed by atoms with Crippen LogP contribution in [0, 0.1) is 18.6 Å². The van der Waals surface area contributed by atoms with Crippen molar-refractivity contribution >= 4 is 23.0 Å². The summed E-state index contributed by atoms with van der Waals surface area (Å²) in [6.45, 7) is 2.42. The Morgan fingerprint density at radius 2 is 1.95 bits per heavy atom. The largest absolute Gasteiger partial charge is 0.371 e. The molecule has 0 aromatic carbocycles. The second kappa shape index (κ2) is 5.92. The molecule has 0 saturated heterocycles. The summed E-state index contributed by atoms with van der Waals surface area (Å²) < 4.78 is 26.7. The molecule has 4 nitrogen and oxygen atoms in total. The fourth-order valence-corrected chi connectivity index (χ4v) is 2.25. The van der Waals surface area contributed by atoms with E-state index in [4.69, 9.17) is 0 Å². The Kier molecular flexibility index (Phi) is 4.26. The lowest BCUT2D eigenvalue weighted by Crippen LogP contribution is -2.10. The highest BCUT2D eigenvalue weighted by atomic mass is 32.1. The van der Waals surface area contributed by atoms with Crippen LogP contribution in [0.25, 0.3) is 0 Å². The Bertz CT molecular complexity index is 571. The number of rotatable bonds is 5. The Morgan fingerprint density at radius 1 is 1.21 bits per heavy atom. The average Bonchev–Trinajstić information content (AvgIpc) is 2.78. The third-order valence-corrected chi connectivity index (χ3v) is 3.33. The summed E-state index contributed by atoms with van der Waals surface area (Å²) in [6, 6.07) is 0.814. The number of thiazole rings is 1. The van der Waals surface area contributed by atoms with Crippen LogP contribution in [0.5, 0.6) is 0 Å². The van der Waals surface area contributed by atoms with Crippen LogP contribution in [-0.4, -0.2) is 23.6 Å². The number of hydrogen-bond acceptors (Lipinski definition) is 5. The van der Waals surface area contributed by atoms with Crippen molar-refractivity contribution in [3.63, 3.8) is 0 Å². The molecule has 0 atom stereocenters. The molecule has 2 aromatic heterocycles. The van der Waals surface area contributed by atoms with Gasteiger partial charge in [-0.2, -0.15) is 0 Å². The highest BCUT2D eigenvalue weighted by Gasteiger charge is 2.10. The summed E-state index contributed by atoms with van der Waals surface area (Å²) in [5, 5.41) is 8.38. The van der Waals surface area contributed by atoms with Gasteiger partial charge in [0.1, 0.15) is 0 Å². The first kappa shape index (κ1) is 13.7. The van der Waals surface area contributed by atoms with Gasteiger partial charge >= 0.3 is 0 Å². The van der Waals surface area contributed by atoms with Gasteiger partial charge in [0.05, 0.1) is 10.7 Å². The average molecular weight is 284 g/mol. The zero-order valence-electron chi connectivity index (χ0n) is 10.6. The second-order valence-electron chi connectivity index (χ2n) is 3.93. The number of aromatic nitrogens is 2. The number of aryl methyl sites for hydroxylation is 1. The first-order valence-electron chi connectivity index (χ1n) is 5.79. The van der Waals surface area contributed by atoms with Crippen molar-refractivity contribution in [2.75, 3.05) is 24.2 Å². The van der Waals surface area contributed by atoms with E-state index in [-0.39, 0.29) is 11.6 Å². The van der Waals surface area contributed by atoms with Gasteiger partial charge in [-0.05, 0) is 6.92 Å². The Labute approximate surface area is 113 Å². The van der Waals surface area contributed by atoms with Gasteiger partial charge in [-0.15, -0.1) is 11.3 Å². The molecule has 0 saturated carbocycles. The van der Waals surface area contributed by atoms with Gasteiger partial charge in [0.15, 0.2) is 23.3 Å². The predicted octanol–water partition coefficient (Wildman–Crippen LogP) is 2.82. The van der Waals surface area contributed by atoms with E-state index in [0.29, 0.717) is 13.0 Å². The minimum Gasteiger partial charge on any atom is -0.371 e. The van der Waals surface area contributed by atoms with Gasteiger partial charge < -0.3 is 10.6 Å². The van der Waals surface area contributed by atoms with Gasteiger partial charge in [-0.3, -0.25) is 0 Å². The third kappa shape index (κ3) is 3.37. The van der Waals surface area contributed by atoms with E-state index >= 15 is 0 Å². The number of pyridine rings is 1. The van der Waals surface area contributed by atoms with Crippen molar-refractivity contribution < 1.29 is 8.78 Å². The number of nitrogens with one attached hydrogen (secondary N) is 2. The maximum absolute atomic E-state index is 13.5. The van der Waals surface area contributed by atoms with Gasteiger partial charge in [-0.25, -0.2) is 18.7 Å². The molecule has 0 amide bonds. The number of hydrogen-bond donors (Lipinski definition) is 2. The standard InChI is InChI=1S/C12H14F2N4S/c1-7-17-8(6-19-7)3-4-16-12-10(14)5-9(13)11(15-2)18-12/h5-6H,3-4H2,1-2H3,(H2,15,16,18). The first-order valence-corrected chi connectivity index (χ1v) is 6.67. The molecule has 2 N–H and O–H groups in total. The van der Waals surface area contributed by atoms with Crippen LogP contribution >= 0.6 is 11.3 Å². The Morgan fingerprint density at radius 3 is 2.58 bits per heavy atom. The van der Waals surface area contributed by atoms with Gasteiger partial charge in [0, 0.05) is 31.5 Å². The second-order valence-corrected chi connectivity index (χ2v) is 5.00. The molecule has 2 aromatic rings. The fourth-order valence-electron chi connectivity index (χ4n) is 1.60. The zero-order valence-corrected chi connectivity index (χ0v) is 11.4. The van der Waals surface area contributed by atoms with Gasteiger partial charge in [0.25, 0.3) is 0 Å². The first-order chi connectivity index (χ1) is 9.10. The lowest BCUT2D eigenvalue weighted by molar-refractivity contribution is 0.578. The van der Waals surface area contributed by atoms with Crippen LogP contribution in [0.15, 0.2) is 11.4 Å². The summed E-state index contributed by atoms with van der Waals surface area (Å²) >= 11 is 1.57. The van der Waals surface area contributed by atoms with Crippen molar-refractivity contribution in [3.05, 3.63) is 33.8 Å². The smallest absolute Gasteiger partial charge is 0.168 e. The summed E-state index contributed by atoms with van der Waals surface area (Å²) in [5.74, 6) is -1.35. The molecule has 7 heteroatoms. The van der Waals surface area contributed by atoms with E-state index in [9.17, 15) is 8.78 Å². The molecule has 0 aliphatic rings. The maximum atomic E-state index is 13.5. The monoisotopic (exact) mass is 284 g/mol. The highest BCUT2D eigenvalue weighted by Crippen LogP contribution is 2.18. The molecule has 102 valence electrons. The highest BCUT2D eigenvalue weighted by molar-refractivity contribution is 7.09. The molecule has 0 aliphatic carbocycles. The van der Waals surface area contributed by atoms with E-state index in [0.717, 1.165) is 16.8 Å². The summed E-state index contributed by atoms with van der Waals surface area (Å²) in [6.07, 6.45) is 0.664. The van der Waals surface area contributed by atoms with E-state index in [1.807, 2.05) is 12.3 Å².